The van der Waals surface area contributed by atoms with Crippen LogP contribution in [-0.4, -0.2) is 37.1 Å². The number of hydrogen-bond acceptors (Lipinski definition) is 3. The number of ether oxygens (including phenoxy) is 1. The third-order valence-electron chi connectivity index (χ3n) is 3.98. The molecule has 2 unspecified atom stereocenters. The van der Waals surface area contributed by atoms with Crippen LogP contribution < -0.4 is 5.32 Å². The van der Waals surface area contributed by atoms with Crippen molar-refractivity contribution in [2.75, 3.05) is 20.3 Å². The van der Waals surface area contributed by atoms with Gasteiger partial charge >= 0.3 is 0 Å². The highest BCUT2D eigenvalue weighted by molar-refractivity contribution is 5.84. The van der Waals surface area contributed by atoms with Crippen molar-refractivity contribution < 1.29 is 9.53 Å². The fourth-order valence-corrected chi connectivity index (χ4v) is 2.90. The van der Waals surface area contributed by atoms with E-state index in [1.165, 1.54) is 11.1 Å². The number of benzene rings is 1. The van der Waals surface area contributed by atoms with Crippen molar-refractivity contribution in [1.29, 1.82) is 0 Å². The summed E-state index contributed by atoms with van der Waals surface area (Å²) in [5.74, 6) is 0.681. The van der Waals surface area contributed by atoms with Gasteiger partial charge in [-0.05, 0) is 30.4 Å². The molecule has 1 heterocycles. The summed E-state index contributed by atoms with van der Waals surface area (Å²) in [6, 6.07) is 8.15. The lowest BCUT2D eigenvalue weighted by Gasteiger charge is -2.25. The zero-order valence-corrected chi connectivity index (χ0v) is 13.4. The van der Waals surface area contributed by atoms with Gasteiger partial charge in [-0.3, -0.25) is 10.1 Å². The molecule has 2 rings (SSSR count). The third-order valence-corrected chi connectivity index (χ3v) is 3.98. The highest BCUT2D eigenvalue weighted by atomic mass is 16.5. The van der Waals surface area contributed by atoms with Gasteiger partial charge < -0.3 is 9.64 Å². The van der Waals surface area contributed by atoms with Gasteiger partial charge in [-0.25, -0.2) is 0 Å². The molecule has 1 N–H and O–H groups in total. The van der Waals surface area contributed by atoms with Gasteiger partial charge in [0.1, 0.15) is 6.17 Å². The normalized spacial score (nSPS) is 22.3. The first-order chi connectivity index (χ1) is 10.0. The Morgan fingerprint density at radius 1 is 1.33 bits per heavy atom. The predicted octanol–water partition coefficient (Wildman–Crippen LogP) is 2.49. The zero-order chi connectivity index (χ0) is 15.4. The Morgan fingerprint density at radius 3 is 2.67 bits per heavy atom. The van der Waals surface area contributed by atoms with Crippen LogP contribution >= 0.6 is 0 Å². The van der Waals surface area contributed by atoms with Crippen LogP contribution in [0.2, 0.25) is 0 Å². The van der Waals surface area contributed by atoms with Crippen molar-refractivity contribution in [3.05, 3.63) is 35.4 Å². The van der Waals surface area contributed by atoms with Gasteiger partial charge in [-0.1, -0.05) is 38.1 Å². The summed E-state index contributed by atoms with van der Waals surface area (Å²) in [6.45, 7) is 7.57. The Bertz CT molecular complexity index is 487. The zero-order valence-electron chi connectivity index (χ0n) is 13.4. The number of aryl methyl sites for hydroxylation is 1. The van der Waals surface area contributed by atoms with Gasteiger partial charge in [0, 0.05) is 13.7 Å². The molecule has 0 spiro atoms. The van der Waals surface area contributed by atoms with E-state index in [1.54, 1.807) is 7.11 Å². The lowest BCUT2D eigenvalue weighted by Crippen LogP contribution is -2.34. The summed E-state index contributed by atoms with van der Waals surface area (Å²) in [5.41, 5.74) is 2.38. The Morgan fingerprint density at radius 2 is 2.05 bits per heavy atom. The second kappa shape index (κ2) is 7.05. The summed E-state index contributed by atoms with van der Waals surface area (Å²) in [7, 11) is 1.67. The molecule has 0 radical (unpaired) electrons. The van der Waals surface area contributed by atoms with E-state index in [0.717, 1.165) is 6.42 Å². The molecule has 1 aromatic carbocycles. The highest BCUT2D eigenvalue weighted by Crippen LogP contribution is 2.29. The van der Waals surface area contributed by atoms with Crippen molar-refractivity contribution in [1.82, 2.24) is 10.2 Å². The molecular formula is C17H26N2O2. The molecular weight excluding hydrogens is 264 g/mol. The minimum Gasteiger partial charge on any atom is -0.383 e. The number of hydrogen-bond donors (Lipinski definition) is 1. The summed E-state index contributed by atoms with van der Waals surface area (Å²) in [6.07, 6.45) is 0.822. The summed E-state index contributed by atoms with van der Waals surface area (Å²) < 4.78 is 5.16. The molecule has 0 saturated carbocycles. The molecule has 4 heteroatoms. The maximum atomic E-state index is 12.6. The minimum absolute atomic E-state index is 0.0439. The van der Waals surface area contributed by atoms with E-state index in [-0.39, 0.29) is 18.1 Å². The van der Waals surface area contributed by atoms with E-state index < -0.39 is 0 Å². The Kier molecular flexibility index (Phi) is 5.37. The third kappa shape index (κ3) is 3.63. The summed E-state index contributed by atoms with van der Waals surface area (Å²) in [4.78, 5) is 14.6. The Labute approximate surface area is 127 Å². The van der Waals surface area contributed by atoms with E-state index >= 15 is 0 Å². The molecule has 21 heavy (non-hydrogen) atoms. The number of rotatable bonds is 6. The number of nitrogens with zero attached hydrogens (tertiary/aromatic N) is 1. The molecule has 0 aliphatic carbocycles. The molecule has 1 amide bonds. The van der Waals surface area contributed by atoms with Gasteiger partial charge in [-0.2, -0.15) is 0 Å². The molecule has 4 nitrogen and oxygen atoms in total. The first-order valence-electron chi connectivity index (χ1n) is 7.65. The van der Waals surface area contributed by atoms with E-state index in [4.69, 9.17) is 4.74 Å². The van der Waals surface area contributed by atoms with E-state index in [0.29, 0.717) is 19.1 Å². The van der Waals surface area contributed by atoms with Gasteiger partial charge in [0.15, 0.2) is 0 Å². The SMILES string of the molecule is COCCN1C(=O)C(CC(C)C)NC1c1ccccc1C. The number of methoxy groups -OCH3 is 1. The van der Waals surface area contributed by atoms with Crippen molar-refractivity contribution in [3.63, 3.8) is 0 Å². The molecule has 1 fully saturated rings. The van der Waals surface area contributed by atoms with Gasteiger partial charge in [0.2, 0.25) is 5.91 Å². The quantitative estimate of drug-likeness (QED) is 0.875. The van der Waals surface area contributed by atoms with E-state index in [1.807, 2.05) is 17.0 Å². The van der Waals surface area contributed by atoms with Crippen LogP contribution in [0.3, 0.4) is 0 Å². The first kappa shape index (κ1) is 16.0. The van der Waals surface area contributed by atoms with E-state index in [9.17, 15) is 4.79 Å². The molecule has 2 atom stereocenters. The lowest BCUT2D eigenvalue weighted by molar-refractivity contribution is -0.131. The fraction of sp³-hybridized carbons (Fsp3) is 0.588. The minimum atomic E-state index is -0.0912. The van der Waals surface area contributed by atoms with Crippen LogP contribution in [0.4, 0.5) is 0 Å². The number of amides is 1. The fourth-order valence-electron chi connectivity index (χ4n) is 2.90. The van der Waals surface area contributed by atoms with Gasteiger partial charge in [0.05, 0.1) is 12.6 Å². The first-order valence-corrected chi connectivity index (χ1v) is 7.65. The van der Waals surface area contributed by atoms with Crippen LogP contribution in [0.15, 0.2) is 24.3 Å². The maximum Gasteiger partial charge on any atom is 0.241 e. The monoisotopic (exact) mass is 290 g/mol. The number of carbonyl (C=O) groups excluding carboxylic acids is 1. The topological polar surface area (TPSA) is 41.6 Å². The van der Waals surface area contributed by atoms with Crippen molar-refractivity contribution in [2.24, 2.45) is 5.92 Å². The van der Waals surface area contributed by atoms with Crippen LogP contribution in [-0.2, 0) is 9.53 Å². The van der Waals surface area contributed by atoms with Gasteiger partial charge in [0.25, 0.3) is 0 Å². The average Bonchev–Trinajstić information content (AvgIpc) is 2.73. The van der Waals surface area contributed by atoms with Crippen LogP contribution in [0, 0.1) is 12.8 Å². The van der Waals surface area contributed by atoms with Crippen molar-refractivity contribution in [2.45, 2.75) is 39.4 Å². The Hall–Kier alpha value is -1.39. The summed E-state index contributed by atoms with van der Waals surface area (Å²) >= 11 is 0. The molecule has 1 saturated heterocycles. The Balaban J connectivity index is 2.24. The van der Waals surface area contributed by atoms with E-state index in [2.05, 4.69) is 38.2 Å². The predicted molar refractivity (Wildman–Crippen MR) is 83.9 cm³/mol. The lowest BCUT2D eigenvalue weighted by atomic mass is 10.0. The number of carbonyl (C=O) groups is 1. The molecule has 116 valence electrons. The summed E-state index contributed by atoms with van der Waals surface area (Å²) in [5, 5.41) is 3.51. The molecule has 0 bridgehead atoms. The highest BCUT2D eigenvalue weighted by Gasteiger charge is 2.39. The van der Waals surface area contributed by atoms with Gasteiger partial charge in [-0.15, -0.1) is 0 Å². The van der Waals surface area contributed by atoms with Crippen LogP contribution in [0.25, 0.3) is 0 Å². The second-order valence-corrected chi connectivity index (χ2v) is 6.13. The van der Waals surface area contributed by atoms with Crippen molar-refractivity contribution >= 4 is 5.91 Å². The maximum absolute atomic E-state index is 12.6. The van der Waals surface area contributed by atoms with Crippen molar-refractivity contribution in [3.8, 4) is 0 Å². The largest absolute Gasteiger partial charge is 0.383 e. The van der Waals surface area contributed by atoms with Crippen LogP contribution in [0.1, 0.15) is 37.6 Å². The average molecular weight is 290 g/mol. The standard InChI is InChI=1S/C17H26N2O2/c1-12(2)11-15-17(20)19(9-10-21-4)16(18-15)14-8-6-5-7-13(14)3/h5-8,12,15-16,18H,9-11H2,1-4H3. The second-order valence-electron chi connectivity index (χ2n) is 6.13. The molecule has 1 aromatic rings. The number of nitrogens with one attached hydrogen (secondary N) is 1. The molecule has 0 aromatic heterocycles. The molecule has 1 aliphatic heterocycles. The smallest absolute Gasteiger partial charge is 0.241 e. The molecule has 1 aliphatic rings. The van der Waals surface area contributed by atoms with Crippen LogP contribution in [0.5, 0.6) is 0 Å².